The number of hydrogen-bond donors (Lipinski definition) is 1. The third-order valence-electron chi connectivity index (χ3n) is 2.74. The Bertz CT molecular complexity index is 429. The van der Waals surface area contributed by atoms with Gasteiger partial charge < -0.3 is 5.11 Å². The Balaban J connectivity index is 2.62. The van der Waals surface area contributed by atoms with Crippen LogP contribution in [0, 0.1) is 23.7 Å². The van der Waals surface area contributed by atoms with Gasteiger partial charge in [0.2, 0.25) is 0 Å². The van der Waals surface area contributed by atoms with Gasteiger partial charge in [-0.05, 0) is 24.0 Å². The smallest absolute Gasteiger partial charge is 0.0771 e. The molecule has 0 aromatic carbocycles. The standard InChI is InChI=1S/C17H27NOS/c1-14(2)11-18(12-15(3)4)13-17-9-8-16(20-17)7-5-6-10-19/h8-9,14-15,19H,6,10-13H2,1-4H3. The molecule has 0 aliphatic carbocycles. The molecule has 0 atom stereocenters. The van der Waals surface area contributed by atoms with Gasteiger partial charge in [-0.1, -0.05) is 39.5 Å². The van der Waals surface area contributed by atoms with Crippen molar-refractivity contribution in [1.29, 1.82) is 0 Å². The van der Waals surface area contributed by atoms with Crippen LogP contribution in [0.4, 0.5) is 0 Å². The van der Waals surface area contributed by atoms with Crippen molar-refractivity contribution in [2.24, 2.45) is 11.8 Å². The quantitative estimate of drug-likeness (QED) is 0.777. The van der Waals surface area contributed by atoms with E-state index in [0.29, 0.717) is 18.3 Å². The lowest BCUT2D eigenvalue weighted by molar-refractivity contribution is 0.213. The largest absolute Gasteiger partial charge is 0.395 e. The van der Waals surface area contributed by atoms with Gasteiger partial charge in [-0.2, -0.15) is 0 Å². The van der Waals surface area contributed by atoms with Crippen LogP contribution in [0.1, 0.15) is 43.9 Å². The average Bonchev–Trinajstić information content (AvgIpc) is 2.75. The van der Waals surface area contributed by atoms with E-state index in [4.69, 9.17) is 5.11 Å². The highest BCUT2D eigenvalue weighted by atomic mass is 32.1. The topological polar surface area (TPSA) is 23.5 Å². The Kier molecular flexibility index (Phi) is 7.91. The van der Waals surface area contributed by atoms with Crippen LogP contribution >= 0.6 is 11.3 Å². The molecule has 0 fully saturated rings. The van der Waals surface area contributed by atoms with Gasteiger partial charge in [0.1, 0.15) is 0 Å². The molecule has 2 nitrogen and oxygen atoms in total. The number of hydrogen-bond acceptors (Lipinski definition) is 3. The SMILES string of the molecule is CC(C)CN(Cc1ccc(C#CCCO)s1)CC(C)C. The van der Waals surface area contributed by atoms with E-state index < -0.39 is 0 Å². The van der Waals surface area contributed by atoms with E-state index in [1.807, 2.05) is 0 Å². The number of nitrogens with zero attached hydrogens (tertiary/aromatic N) is 1. The van der Waals surface area contributed by atoms with Crippen LogP contribution < -0.4 is 0 Å². The number of aliphatic hydroxyl groups is 1. The van der Waals surface area contributed by atoms with Crippen LogP contribution in [0.25, 0.3) is 0 Å². The van der Waals surface area contributed by atoms with Crippen molar-refractivity contribution in [2.45, 2.75) is 40.7 Å². The van der Waals surface area contributed by atoms with Crippen molar-refractivity contribution < 1.29 is 5.11 Å². The van der Waals surface area contributed by atoms with Crippen LogP contribution in [0.5, 0.6) is 0 Å². The van der Waals surface area contributed by atoms with Gasteiger partial charge in [0.05, 0.1) is 11.5 Å². The molecule has 1 heterocycles. The first-order valence-electron chi connectivity index (χ1n) is 7.42. The highest BCUT2D eigenvalue weighted by Gasteiger charge is 2.11. The Labute approximate surface area is 127 Å². The summed E-state index contributed by atoms with van der Waals surface area (Å²) in [6.07, 6.45) is 0.556. The summed E-state index contributed by atoms with van der Waals surface area (Å²) in [4.78, 5) is 5.01. The van der Waals surface area contributed by atoms with E-state index >= 15 is 0 Å². The number of rotatable bonds is 7. The van der Waals surface area contributed by atoms with Crippen molar-refractivity contribution >= 4 is 11.3 Å². The highest BCUT2D eigenvalue weighted by Crippen LogP contribution is 2.19. The van der Waals surface area contributed by atoms with Crippen molar-refractivity contribution in [1.82, 2.24) is 4.90 Å². The van der Waals surface area contributed by atoms with Crippen molar-refractivity contribution in [3.8, 4) is 11.8 Å². The minimum Gasteiger partial charge on any atom is -0.395 e. The van der Waals surface area contributed by atoms with Gasteiger partial charge in [-0.15, -0.1) is 11.3 Å². The Morgan fingerprint density at radius 2 is 1.80 bits per heavy atom. The third-order valence-corrected chi connectivity index (χ3v) is 3.72. The molecule has 1 rings (SSSR count). The molecule has 1 aromatic rings. The number of aliphatic hydroxyl groups excluding tert-OH is 1. The fourth-order valence-corrected chi connectivity index (χ4v) is 3.12. The van der Waals surface area contributed by atoms with E-state index in [0.717, 1.165) is 24.5 Å². The maximum absolute atomic E-state index is 8.73. The monoisotopic (exact) mass is 293 g/mol. The van der Waals surface area contributed by atoms with Crippen LogP contribution in [-0.4, -0.2) is 29.7 Å². The molecule has 112 valence electrons. The molecule has 0 aliphatic rings. The Morgan fingerprint density at radius 1 is 1.15 bits per heavy atom. The molecule has 0 bridgehead atoms. The maximum atomic E-state index is 8.73. The lowest BCUT2D eigenvalue weighted by atomic mass is 10.1. The third kappa shape index (κ3) is 7.09. The van der Waals surface area contributed by atoms with Crippen LogP contribution in [0.3, 0.4) is 0 Å². The summed E-state index contributed by atoms with van der Waals surface area (Å²) in [5, 5.41) is 8.73. The van der Waals surface area contributed by atoms with E-state index in [9.17, 15) is 0 Å². The fourth-order valence-electron chi connectivity index (χ4n) is 2.19. The zero-order chi connectivity index (χ0) is 15.0. The molecule has 1 aromatic heterocycles. The van der Waals surface area contributed by atoms with Crippen molar-refractivity contribution in [3.63, 3.8) is 0 Å². The second-order valence-corrected chi connectivity index (χ2v) is 7.19. The first-order valence-corrected chi connectivity index (χ1v) is 8.23. The minimum atomic E-state index is 0.141. The molecule has 0 amide bonds. The summed E-state index contributed by atoms with van der Waals surface area (Å²) in [5.74, 6) is 7.47. The molecule has 0 saturated carbocycles. The average molecular weight is 293 g/mol. The lowest BCUT2D eigenvalue weighted by Crippen LogP contribution is -2.30. The molecule has 3 heteroatoms. The second kappa shape index (κ2) is 9.18. The molecule has 0 unspecified atom stereocenters. The molecule has 20 heavy (non-hydrogen) atoms. The molecule has 0 radical (unpaired) electrons. The summed E-state index contributed by atoms with van der Waals surface area (Å²) in [5.41, 5.74) is 0. The summed E-state index contributed by atoms with van der Waals surface area (Å²) in [6.45, 7) is 12.5. The van der Waals surface area contributed by atoms with Gasteiger partial charge in [0.25, 0.3) is 0 Å². The molecule has 0 spiro atoms. The molecule has 0 saturated heterocycles. The van der Waals surface area contributed by atoms with Gasteiger partial charge in [-0.3, -0.25) is 4.90 Å². The van der Waals surface area contributed by atoms with E-state index in [1.165, 1.54) is 4.88 Å². The first-order chi connectivity index (χ1) is 9.51. The zero-order valence-electron chi connectivity index (χ0n) is 13.1. The molecular weight excluding hydrogens is 266 g/mol. The second-order valence-electron chi connectivity index (χ2n) is 6.02. The summed E-state index contributed by atoms with van der Waals surface area (Å²) in [6, 6.07) is 4.27. The molecular formula is C17H27NOS. The fraction of sp³-hybridized carbons (Fsp3) is 0.647. The van der Waals surface area contributed by atoms with Gasteiger partial charge in [0.15, 0.2) is 0 Å². The van der Waals surface area contributed by atoms with Gasteiger partial charge in [0, 0.05) is 30.9 Å². The Morgan fingerprint density at radius 3 is 2.35 bits per heavy atom. The number of thiophene rings is 1. The van der Waals surface area contributed by atoms with Crippen LogP contribution in [0.2, 0.25) is 0 Å². The van der Waals surface area contributed by atoms with Crippen LogP contribution in [0.15, 0.2) is 12.1 Å². The minimum absolute atomic E-state index is 0.141. The van der Waals surface area contributed by atoms with E-state index in [1.54, 1.807) is 11.3 Å². The molecule has 1 N–H and O–H groups in total. The highest BCUT2D eigenvalue weighted by molar-refractivity contribution is 7.12. The van der Waals surface area contributed by atoms with Gasteiger partial charge in [-0.25, -0.2) is 0 Å². The first kappa shape index (κ1) is 17.2. The van der Waals surface area contributed by atoms with Crippen molar-refractivity contribution in [3.05, 3.63) is 21.9 Å². The Hall–Kier alpha value is -0.820. The predicted molar refractivity (Wildman–Crippen MR) is 87.9 cm³/mol. The lowest BCUT2D eigenvalue weighted by Gasteiger charge is -2.25. The summed E-state index contributed by atoms with van der Waals surface area (Å²) >= 11 is 1.77. The van der Waals surface area contributed by atoms with E-state index in [2.05, 4.69) is 56.6 Å². The van der Waals surface area contributed by atoms with Gasteiger partial charge >= 0.3 is 0 Å². The van der Waals surface area contributed by atoms with Crippen LogP contribution in [-0.2, 0) is 6.54 Å². The van der Waals surface area contributed by atoms with Crippen molar-refractivity contribution in [2.75, 3.05) is 19.7 Å². The zero-order valence-corrected chi connectivity index (χ0v) is 14.0. The molecule has 0 aliphatic heterocycles. The maximum Gasteiger partial charge on any atom is 0.0771 e. The summed E-state index contributed by atoms with van der Waals surface area (Å²) < 4.78 is 0. The van der Waals surface area contributed by atoms with E-state index in [-0.39, 0.29) is 6.61 Å². The normalized spacial score (nSPS) is 11.2. The predicted octanol–water partition coefficient (Wildman–Crippen LogP) is 3.60. The summed E-state index contributed by atoms with van der Waals surface area (Å²) in [7, 11) is 0.